The molecule has 0 spiro atoms. The van der Waals surface area contributed by atoms with Crippen LogP contribution in [0.5, 0.6) is 5.75 Å². The van der Waals surface area contributed by atoms with E-state index >= 15 is 0 Å². The van der Waals surface area contributed by atoms with Crippen LogP contribution in [0.25, 0.3) is 0 Å². The molecule has 0 aromatic heterocycles. The molecule has 0 bridgehead atoms. The van der Waals surface area contributed by atoms with Crippen LogP contribution < -0.4 is 10.5 Å². The first-order valence-corrected chi connectivity index (χ1v) is 6.34. The minimum Gasteiger partial charge on any atom is -0.489 e. The number of benzene rings is 2. The first-order chi connectivity index (χ1) is 9.20. The van der Waals surface area contributed by atoms with Gasteiger partial charge in [-0.3, -0.25) is 5.41 Å². The van der Waals surface area contributed by atoms with Crippen LogP contribution >= 0.6 is 0 Å². The van der Waals surface area contributed by atoms with Crippen LogP contribution in [0, 0.1) is 5.41 Å². The Kier molecular flexibility index (Phi) is 4.18. The minimum atomic E-state index is 0.0699. The molecule has 19 heavy (non-hydrogen) atoms. The van der Waals surface area contributed by atoms with Crippen LogP contribution in [-0.4, -0.2) is 5.84 Å². The Morgan fingerprint density at radius 3 is 2.42 bits per heavy atom. The molecule has 0 aliphatic carbocycles. The molecule has 0 saturated heterocycles. The average Bonchev–Trinajstić information content (AvgIpc) is 2.46. The Bertz CT molecular complexity index is 561. The fourth-order valence-electron chi connectivity index (χ4n) is 1.89. The van der Waals surface area contributed by atoms with E-state index in [4.69, 9.17) is 15.9 Å². The van der Waals surface area contributed by atoms with Crippen molar-refractivity contribution < 1.29 is 4.74 Å². The predicted octanol–water partition coefficient (Wildman–Crippen LogP) is 3.11. The number of amidine groups is 1. The van der Waals surface area contributed by atoms with E-state index in [1.54, 1.807) is 0 Å². The highest BCUT2D eigenvalue weighted by Crippen LogP contribution is 2.16. The number of nitrogens with two attached hydrogens (primary N) is 1. The van der Waals surface area contributed by atoms with Gasteiger partial charge in [0.1, 0.15) is 18.2 Å². The molecule has 2 aromatic carbocycles. The van der Waals surface area contributed by atoms with Gasteiger partial charge in [0.2, 0.25) is 0 Å². The van der Waals surface area contributed by atoms with Crippen molar-refractivity contribution in [2.45, 2.75) is 20.0 Å². The second-order valence-corrected chi connectivity index (χ2v) is 4.36. The summed E-state index contributed by atoms with van der Waals surface area (Å²) in [5.74, 6) is 0.899. The van der Waals surface area contributed by atoms with Gasteiger partial charge < -0.3 is 10.5 Å². The maximum Gasteiger partial charge on any atom is 0.123 e. The van der Waals surface area contributed by atoms with Gasteiger partial charge in [-0.15, -0.1) is 0 Å². The first kappa shape index (κ1) is 13.1. The van der Waals surface area contributed by atoms with Gasteiger partial charge in [-0.05, 0) is 24.1 Å². The molecule has 0 unspecified atom stereocenters. The summed E-state index contributed by atoms with van der Waals surface area (Å²) < 4.78 is 5.73. The molecule has 2 rings (SSSR count). The summed E-state index contributed by atoms with van der Waals surface area (Å²) in [6.45, 7) is 2.54. The van der Waals surface area contributed by atoms with Crippen molar-refractivity contribution in [1.82, 2.24) is 0 Å². The van der Waals surface area contributed by atoms with Gasteiger partial charge in [0.25, 0.3) is 0 Å². The average molecular weight is 254 g/mol. The lowest BCUT2D eigenvalue weighted by molar-refractivity contribution is 0.306. The highest BCUT2D eigenvalue weighted by molar-refractivity contribution is 5.96. The Hall–Kier alpha value is -2.29. The summed E-state index contributed by atoms with van der Waals surface area (Å²) in [6.07, 6.45) is 1.02. The zero-order chi connectivity index (χ0) is 13.7. The molecule has 0 saturated carbocycles. The van der Waals surface area contributed by atoms with Crippen LogP contribution in [0.2, 0.25) is 0 Å². The lowest BCUT2D eigenvalue weighted by atomic mass is 10.1. The molecule has 0 amide bonds. The highest BCUT2D eigenvalue weighted by Gasteiger charge is 2.05. The van der Waals surface area contributed by atoms with Crippen LogP contribution in [0.3, 0.4) is 0 Å². The smallest absolute Gasteiger partial charge is 0.123 e. The molecule has 0 radical (unpaired) electrons. The van der Waals surface area contributed by atoms with Gasteiger partial charge in [0.05, 0.1) is 0 Å². The molecular weight excluding hydrogens is 236 g/mol. The zero-order valence-electron chi connectivity index (χ0n) is 11.0. The van der Waals surface area contributed by atoms with Crippen LogP contribution in [0.4, 0.5) is 0 Å². The molecule has 3 nitrogen and oxygen atoms in total. The second-order valence-electron chi connectivity index (χ2n) is 4.36. The Morgan fingerprint density at radius 1 is 1.11 bits per heavy atom. The first-order valence-electron chi connectivity index (χ1n) is 6.34. The van der Waals surface area contributed by atoms with Gasteiger partial charge in [-0.1, -0.05) is 43.3 Å². The number of nitrogens with one attached hydrogen (secondary N) is 1. The summed E-state index contributed by atoms with van der Waals surface area (Å²) in [5.41, 5.74) is 8.49. The molecule has 0 heterocycles. The third-order valence-electron chi connectivity index (χ3n) is 3.03. The van der Waals surface area contributed by atoms with Gasteiger partial charge in [0.15, 0.2) is 0 Å². The Balaban J connectivity index is 2.07. The molecule has 0 aliphatic heterocycles. The van der Waals surface area contributed by atoms with E-state index in [0.717, 1.165) is 23.3 Å². The molecular formula is C16H18N2O. The number of hydrogen-bond donors (Lipinski definition) is 2. The van der Waals surface area contributed by atoms with E-state index in [2.05, 4.69) is 19.1 Å². The second kappa shape index (κ2) is 6.05. The lowest BCUT2D eigenvalue weighted by Crippen LogP contribution is -2.14. The van der Waals surface area contributed by atoms with Crippen LogP contribution in [0.1, 0.15) is 23.6 Å². The fraction of sp³-hybridized carbons (Fsp3) is 0.188. The van der Waals surface area contributed by atoms with Gasteiger partial charge >= 0.3 is 0 Å². The predicted molar refractivity (Wildman–Crippen MR) is 77.6 cm³/mol. The number of rotatable bonds is 5. The third-order valence-corrected chi connectivity index (χ3v) is 3.03. The standard InChI is InChI=1S/C16H18N2O/c1-2-12-7-9-14(10-8-12)19-11-13-5-3-4-6-15(13)16(17)18/h3-10H,2,11H2,1H3,(H3,17,18). The van der Waals surface area contributed by atoms with Crippen molar-refractivity contribution >= 4 is 5.84 Å². The van der Waals surface area contributed by atoms with Crippen molar-refractivity contribution in [3.8, 4) is 5.75 Å². The number of ether oxygens (including phenoxy) is 1. The van der Waals surface area contributed by atoms with Gasteiger partial charge in [-0.25, -0.2) is 0 Å². The summed E-state index contributed by atoms with van der Waals surface area (Å²) in [5, 5.41) is 7.53. The van der Waals surface area contributed by atoms with Crippen molar-refractivity contribution in [2.24, 2.45) is 5.73 Å². The largest absolute Gasteiger partial charge is 0.489 e. The van der Waals surface area contributed by atoms with Crippen LogP contribution in [0.15, 0.2) is 48.5 Å². The van der Waals surface area contributed by atoms with Crippen LogP contribution in [-0.2, 0) is 13.0 Å². The molecule has 98 valence electrons. The molecule has 0 aliphatic rings. The van der Waals surface area contributed by atoms with E-state index in [-0.39, 0.29) is 5.84 Å². The monoisotopic (exact) mass is 254 g/mol. The normalized spacial score (nSPS) is 10.2. The topological polar surface area (TPSA) is 59.1 Å². The van der Waals surface area contributed by atoms with Gasteiger partial charge in [-0.2, -0.15) is 0 Å². The fourth-order valence-corrected chi connectivity index (χ4v) is 1.89. The van der Waals surface area contributed by atoms with E-state index in [1.165, 1.54) is 5.56 Å². The summed E-state index contributed by atoms with van der Waals surface area (Å²) in [7, 11) is 0. The van der Waals surface area contributed by atoms with Crippen molar-refractivity contribution in [3.63, 3.8) is 0 Å². The van der Waals surface area contributed by atoms with E-state index in [1.807, 2.05) is 36.4 Å². The zero-order valence-corrected chi connectivity index (χ0v) is 11.0. The molecule has 0 fully saturated rings. The number of hydrogen-bond acceptors (Lipinski definition) is 2. The molecule has 0 atom stereocenters. The van der Waals surface area contributed by atoms with Gasteiger partial charge in [0, 0.05) is 11.1 Å². The summed E-state index contributed by atoms with van der Waals surface area (Å²) >= 11 is 0. The highest BCUT2D eigenvalue weighted by atomic mass is 16.5. The minimum absolute atomic E-state index is 0.0699. The SMILES string of the molecule is CCc1ccc(OCc2ccccc2C(=N)N)cc1. The summed E-state index contributed by atoms with van der Waals surface area (Å²) in [6, 6.07) is 15.6. The van der Waals surface area contributed by atoms with E-state index in [0.29, 0.717) is 6.61 Å². The lowest BCUT2D eigenvalue weighted by Gasteiger charge is -2.10. The third kappa shape index (κ3) is 3.35. The quantitative estimate of drug-likeness (QED) is 0.636. The molecule has 2 aromatic rings. The Labute approximate surface area is 113 Å². The number of nitrogen functional groups attached to an aromatic ring is 1. The van der Waals surface area contributed by atoms with Crippen molar-refractivity contribution in [1.29, 1.82) is 5.41 Å². The summed E-state index contributed by atoms with van der Waals surface area (Å²) in [4.78, 5) is 0. The number of aryl methyl sites for hydroxylation is 1. The van der Waals surface area contributed by atoms with Crippen molar-refractivity contribution in [2.75, 3.05) is 0 Å². The Morgan fingerprint density at radius 2 is 1.79 bits per heavy atom. The molecule has 3 heteroatoms. The maximum atomic E-state index is 7.53. The van der Waals surface area contributed by atoms with Crippen molar-refractivity contribution in [3.05, 3.63) is 65.2 Å². The van der Waals surface area contributed by atoms with E-state index < -0.39 is 0 Å². The maximum absolute atomic E-state index is 7.53. The van der Waals surface area contributed by atoms with E-state index in [9.17, 15) is 0 Å². The molecule has 3 N–H and O–H groups in total.